The lowest BCUT2D eigenvalue weighted by Crippen LogP contribution is -2.45. The molecule has 0 aliphatic heterocycles. The minimum Gasteiger partial charge on any atom is -0.480 e. The van der Waals surface area contributed by atoms with Gasteiger partial charge in [-0.15, -0.1) is 0 Å². The normalized spacial score (nSPS) is 11.3. The van der Waals surface area contributed by atoms with Crippen molar-refractivity contribution in [3.05, 3.63) is 66.2 Å². The second-order valence-electron chi connectivity index (χ2n) is 4.84. The predicted octanol–water partition coefficient (Wildman–Crippen LogP) is 2.48. The maximum atomic E-state index is 11.7. The molecule has 1 amide bonds. The number of alkyl carbamates (subject to hydrolysis) is 1. The molecule has 3 N–H and O–H groups in total. The van der Waals surface area contributed by atoms with Crippen molar-refractivity contribution in [2.45, 2.75) is 12.6 Å². The number of hydrogen-bond acceptors (Lipinski definition) is 4. The van der Waals surface area contributed by atoms with E-state index < -0.39 is 18.1 Å². The first kappa shape index (κ1) is 16.4. The largest absolute Gasteiger partial charge is 0.480 e. The van der Waals surface area contributed by atoms with E-state index in [2.05, 4.69) is 10.6 Å². The molecule has 0 aliphatic rings. The number of nitrogens with one attached hydrogen (secondary N) is 2. The van der Waals surface area contributed by atoms with Crippen molar-refractivity contribution in [2.24, 2.45) is 0 Å². The number of ether oxygens (including phenoxy) is 1. The van der Waals surface area contributed by atoms with E-state index >= 15 is 0 Å². The maximum absolute atomic E-state index is 11.7. The van der Waals surface area contributed by atoms with Crippen LogP contribution in [0.3, 0.4) is 0 Å². The molecular weight excluding hydrogens is 296 g/mol. The van der Waals surface area contributed by atoms with E-state index in [1.807, 2.05) is 60.7 Å². The number of carbonyl (C=O) groups is 2. The van der Waals surface area contributed by atoms with Crippen LogP contribution in [0.5, 0.6) is 0 Å². The number of rotatable bonds is 7. The molecule has 2 aromatic carbocycles. The number of amides is 1. The summed E-state index contributed by atoms with van der Waals surface area (Å²) < 4.78 is 5.02. The first-order valence-electron chi connectivity index (χ1n) is 7.14. The van der Waals surface area contributed by atoms with Gasteiger partial charge in [0.05, 0.1) is 0 Å². The molecule has 1 atom stereocenters. The standard InChI is InChI=1S/C17H18N2O4/c20-16(21)15(11-18-14-9-5-2-6-10-14)19-17(22)23-12-13-7-3-1-4-8-13/h1-10,15,18H,11-12H2,(H,19,22)(H,20,21)/t15-/m0/s1. The number of para-hydroxylation sites is 1. The summed E-state index contributed by atoms with van der Waals surface area (Å²) in [4.78, 5) is 22.9. The second-order valence-corrected chi connectivity index (χ2v) is 4.84. The lowest BCUT2D eigenvalue weighted by atomic mass is 10.2. The summed E-state index contributed by atoms with van der Waals surface area (Å²) in [6.07, 6.45) is -0.767. The Kier molecular flexibility index (Phi) is 5.99. The molecule has 0 bridgehead atoms. The van der Waals surface area contributed by atoms with E-state index in [4.69, 9.17) is 4.74 Å². The molecular formula is C17H18N2O4. The maximum Gasteiger partial charge on any atom is 0.408 e. The third kappa shape index (κ3) is 5.70. The van der Waals surface area contributed by atoms with Crippen LogP contribution in [0, 0.1) is 0 Å². The molecule has 23 heavy (non-hydrogen) atoms. The Bertz CT molecular complexity index is 632. The van der Waals surface area contributed by atoms with Gasteiger partial charge in [0.25, 0.3) is 0 Å². The molecule has 0 spiro atoms. The van der Waals surface area contributed by atoms with Gasteiger partial charge in [0.2, 0.25) is 0 Å². The summed E-state index contributed by atoms with van der Waals surface area (Å²) in [6.45, 7) is 0.144. The SMILES string of the molecule is O=C(N[C@@H](CNc1ccccc1)C(=O)O)OCc1ccccc1. The molecule has 0 radical (unpaired) electrons. The van der Waals surface area contributed by atoms with Crippen LogP contribution in [0.4, 0.5) is 10.5 Å². The fourth-order valence-corrected chi connectivity index (χ4v) is 1.88. The van der Waals surface area contributed by atoms with Gasteiger partial charge in [-0.3, -0.25) is 0 Å². The Morgan fingerprint density at radius 3 is 2.22 bits per heavy atom. The lowest BCUT2D eigenvalue weighted by molar-refractivity contribution is -0.138. The molecule has 6 heteroatoms. The highest BCUT2D eigenvalue weighted by Gasteiger charge is 2.20. The first-order chi connectivity index (χ1) is 11.1. The summed E-state index contributed by atoms with van der Waals surface area (Å²) >= 11 is 0. The molecule has 120 valence electrons. The van der Waals surface area contributed by atoms with E-state index in [0.717, 1.165) is 11.3 Å². The molecule has 0 saturated heterocycles. The smallest absolute Gasteiger partial charge is 0.408 e. The number of hydrogen-bond donors (Lipinski definition) is 3. The Labute approximate surface area is 134 Å². The summed E-state index contributed by atoms with van der Waals surface area (Å²) in [7, 11) is 0. The average molecular weight is 314 g/mol. The van der Waals surface area contributed by atoms with Crippen molar-refractivity contribution < 1.29 is 19.4 Å². The molecule has 0 heterocycles. The number of carbonyl (C=O) groups excluding carboxylic acids is 1. The van der Waals surface area contributed by atoms with E-state index in [1.54, 1.807) is 0 Å². The van der Waals surface area contributed by atoms with Gasteiger partial charge in [0.1, 0.15) is 12.6 Å². The highest BCUT2D eigenvalue weighted by Crippen LogP contribution is 2.05. The van der Waals surface area contributed by atoms with Gasteiger partial charge in [-0.2, -0.15) is 0 Å². The summed E-state index contributed by atoms with van der Waals surface area (Å²) in [5.74, 6) is -1.13. The minimum absolute atomic E-state index is 0.0553. The minimum atomic E-state index is -1.13. The van der Waals surface area contributed by atoms with Crippen molar-refractivity contribution in [1.82, 2.24) is 5.32 Å². The number of carboxylic acid groups (broad SMARTS) is 1. The number of benzene rings is 2. The fourth-order valence-electron chi connectivity index (χ4n) is 1.88. The van der Waals surface area contributed by atoms with E-state index in [9.17, 15) is 14.7 Å². The highest BCUT2D eigenvalue weighted by molar-refractivity contribution is 5.80. The Morgan fingerprint density at radius 2 is 1.61 bits per heavy atom. The molecule has 2 rings (SSSR count). The molecule has 2 aromatic rings. The quantitative estimate of drug-likeness (QED) is 0.731. The average Bonchev–Trinajstić information content (AvgIpc) is 2.58. The van der Waals surface area contributed by atoms with Crippen LogP contribution in [0.1, 0.15) is 5.56 Å². The van der Waals surface area contributed by atoms with E-state index in [0.29, 0.717) is 0 Å². The second kappa shape index (κ2) is 8.43. The van der Waals surface area contributed by atoms with Crippen molar-refractivity contribution in [3.63, 3.8) is 0 Å². The van der Waals surface area contributed by atoms with Gasteiger partial charge >= 0.3 is 12.1 Å². The summed E-state index contributed by atoms with van der Waals surface area (Å²) in [5.41, 5.74) is 1.61. The van der Waals surface area contributed by atoms with Gasteiger partial charge in [-0.05, 0) is 17.7 Å². The van der Waals surface area contributed by atoms with Crippen LogP contribution in [0.2, 0.25) is 0 Å². The van der Waals surface area contributed by atoms with Crippen LogP contribution in [-0.4, -0.2) is 29.8 Å². The lowest BCUT2D eigenvalue weighted by Gasteiger charge is -2.16. The van der Waals surface area contributed by atoms with Gasteiger partial charge in [0.15, 0.2) is 0 Å². The zero-order valence-electron chi connectivity index (χ0n) is 12.4. The van der Waals surface area contributed by atoms with Gasteiger partial charge in [-0.1, -0.05) is 48.5 Å². The fraction of sp³-hybridized carbons (Fsp3) is 0.176. The number of carboxylic acids is 1. The van der Waals surface area contributed by atoms with Crippen LogP contribution in [-0.2, 0) is 16.1 Å². The predicted molar refractivity (Wildman–Crippen MR) is 86.1 cm³/mol. The van der Waals surface area contributed by atoms with Crippen LogP contribution < -0.4 is 10.6 Å². The van der Waals surface area contributed by atoms with Gasteiger partial charge in [-0.25, -0.2) is 9.59 Å². The monoisotopic (exact) mass is 314 g/mol. The van der Waals surface area contributed by atoms with Crippen molar-refractivity contribution in [3.8, 4) is 0 Å². The Balaban J connectivity index is 1.81. The molecule has 6 nitrogen and oxygen atoms in total. The zero-order chi connectivity index (χ0) is 16.5. The molecule has 0 saturated carbocycles. The third-order valence-corrected chi connectivity index (χ3v) is 3.09. The topological polar surface area (TPSA) is 87.7 Å². The summed E-state index contributed by atoms with van der Waals surface area (Å²) in [5, 5.41) is 14.5. The Hall–Kier alpha value is -3.02. The molecule has 0 aromatic heterocycles. The Morgan fingerprint density at radius 1 is 1.00 bits per heavy atom. The number of aliphatic carboxylic acids is 1. The zero-order valence-corrected chi connectivity index (χ0v) is 12.4. The highest BCUT2D eigenvalue weighted by atomic mass is 16.5. The van der Waals surface area contributed by atoms with Crippen LogP contribution in [0.25, 0.3) is 0 Å². The van der Waals surface area contributed by atoms with Gasteiger partial charge < -0.3 is 20.5 Å². The van der Waals surface area contributed by atoms with Crippen LogP contribution in [0.15, 0.2) is 60.7 Å². The first-order valence-corrected chi connectivity index (χ1v) is 7.14. The van der Waals surface area contributed by atoms with E-state index in [-0.39, 0.29) is 13.2 Å². The van der Waals surface area contributed by atoms with E-state index in [1.165, 1.54) is 0 Å². The van der Waals surface area contributed by atoms with Crippen molar-refractivity contribution in [2.75, 3.05) is 11.9 Å². The molecule has 0 unspecified atom stereocenters. The summed E-state index contributed by atoms with van der Waals surface area (Å²) in [6, 6.07) is 17.2. The number of anilines is 1. The third-order valence-electron chi connectivity index (χ3n) is 3.09. The van der Waals surface area contributed by atoms with Crippen LogP contribution >= 0.6 is 0 Å². The molecule has 0 aliphatic carbocycles. The van der Waals surface area contributed by atoms with Gasteiger partial charge in [0, 0.05) is 12.2 Å². The molecule has 0 fully saturated rings. The van der Waals surface area contributed by atoms with Crippen molar-refractivity contribution >= 4 is 17.7 Å². The van der Waals surface area contributed by atoms with Crippen molar-refractivity contribution in [1.29, 1.82) is 0 Å².